The number of benzene rings is 1. The largest absolute Gasteiger partial charge is 0.449 e. The van der Waals surface area contributed by atoms with E-state index in [2.05, 4.69) is 5.32 Å². The number of carbonyl (C=O) groups is 2. The zero-order valence-electron chi connectivity index (χ0n) is 13.8. The molecule has 1 aromatic rings. The summed E-state index contributed by atoms with van der Waals surface area (Å²) in [4.78, 5) is 23.9. The molecule has 0 saturated heterocycles. The van der Waals surface area contributed by atoms with E-state index in [1.807, 2.05) is 6.07 Å². The molecule has 0 unspecified atom stereocenters. The molecule has 0 aliphatic heterocycles. The maximum Gasteiger partial charge on any atom is 0.331 e. The molecule has 0 spiro atoms. The van der Waals surface area contributed by atoms with E-state index in [-0.39, 0.29) is 11.9 Å². The van der Waals surface area contributed by atoms with Gasteiger partial charge < -0.3 is 10.1 Å². The molecule has 5 heteroatoms. The highest BCUT2D eigenvalue weighted by atomic mass is 16.5. The Bertz CT molecular complexity index is 638. The standard InChI is InChI=1S/C19H22N2O3/c1-14(19(23)21-17-5-3-2-4-6-17)24-18(22)12-11-15-7-9-16(13-20)10-8-15/h7-12,14,17H,2-6H2,1H3,(H,21,23)/b12-11+/t14-/m1/s1. The molecular formula is C19H22N2O3. The van der Waals surface area contributed by atoms with Crippen LogP contribution in [0.25, 0.3) is 6.08 Å². The van der Waals surface area contributed by atoms with Crippen molar-refractivity contribution in [1.29, 1.82) is 5.26 Å². The Morgan fingerprint density at radius 3 is 2.54 bits per heavy atom. The Morgan fingerprint density at radius 1 is 1.25 bits per heavy atom. The summed E-state index contributed by atoms with van der Waals surface area (Å²) in [5, 5.41) is 11.7. The third kappa shape index (κ3) is 5.54. The lowest BCUT2D eigenvalue weighted by Gasteiger charge is -2.24. The topological polar surface area (TPSA) is 79.2 Å². The molecule has 1 fully saturated rings. The molecule has 1 atom stereocenters. The number of nitrogens with zero attached hydrogens (tertiary/aromatic N) is 1. The Morgan fingerprint density at radius 2 is 1.92 bits per heavy atom. The van der Waals surface area contributed by atoms with E-state index in [9.17, 15) is 9.59 Å². The van der Waals surface area contributed by atoms with Crippen LogP contribution in [-0.4, -0.2) is 24.0 Å². The molecule has 1 saturated carbocycles. The summed E-state index contributed by atoms with van der Waals surface area (Å²) in [6.07, 6.45) is 7.53. The second-order valence-electron chi connectivity index (χ2n) is 5.99. The fourth-order valence-corrected chi connectivity index (χ4v) is 2.67. The fraction of sp³-hybridized carbons (Fsp3) is 0.421. The first-order valence-corrected chi connectivity index (χ1v) is 8.27. The Hall–Kier alpha value is -2.61. The quantitative estimate of drug-likeness (QED) is 0.666. The van der Waals surface area contributed by atoms with Gasteiger partial charge in [0, 0.05) is 12.1 Å². The average Bonchev–Trinajstić information content (AvgIpc) is 2.61. The highest BCUT2D eigenvalue weighted by Crippen LogP contribution is 2.17. The van der Waals surface area contributed by atoms with Crippen LogP contribution < -0.4 is 5.32 Å². The van der Waals surface area contributed by atoms with Crippen molar-refractivity contribution in [2.75, 3.05) is 0 Å². The molecule has 126 valence electrons. The van der Waals surface area contributed by atoms with Gasteiger partial charge in [-0.2, -0.15) is 5.26 Å². The Kier molecular flexibility index (Phi) is 6.56. The SMILES string of the molecule is C[C@@H](OC(=O)/C=C/c1ccc(C#N)cc1)C(=O)NC1CCCCC1. The van der Waals surface area contributed by atoms with E-state index in [1.54, 1.807) is 37.3 Å². The average molecular weight is 326 g/mol. The molecule has 0 radical (unpaired) electrons. The molecule has 0 aromatic heterocycles. The van der Waals surface area contributed by atoms with Crippen LogP contribution in [0.3, 0.4) is 0 Å². The number of esters is 1. The molecule has 5 nitrogen and oxygen atoms in total. The van der Waals surface area contributed by atoms with Crippen LogP contribution in [0.15, 0.2) is 30.3 Å². The van der Waals surface area contributed by atoms with Crippen molar-refractivity contribution in [1.82, 2.24) is 5.32 Å². The van der Waals surface area contributed by atoms with Crippen molar-refractivity contribution < 1.29 is 14.3 Å². The van der Waals surface area contributed by atoms with Crippen LogP contribution >= 0.6 is 0 Å². The van der Waals surface area contributed by atoms with Crippen molar-refractivity contribution in [2.45, 2.75) is 51.2 Å². The van der Waals surface area contributed by atoms with E-state index >= 15 is 0 Å². The number of nitrogens with one attached hydrogen (secondary N) is 1. The van der Waals surface area contributed by atoms with Crippen molar-refractivity contribution in [2.24, 2.45) is 0 Å². The summed E-state index contributed by atoms with van der Waals surface area (Å²) in [6, 6.07) is 9.05. The maximum absolute atomic E-state index is 12.0. The smallest absolute Gasteiger partial charge is 0.331 e. The third-order valence-corrected chi connectivity index (χ3v) is 4.07. The molecule has 1 aromatic carbocycles. The van der Waals surface area contributed by atoms with E-state index < -0.39 is 12.1 Å². The van der Waals surface area contributed by atoms with Crippen molar-refractivity contribution in [3.63, 3.8) is 0 Å². The number of nitriles is 1. The van der Waals surface area contributed by atoms with E-state index in [4.69, 9.17) is 10.00 Å². The van der Waals surface area contributed by atoms with Gasteiger partial charge in [-0.1, -0.05) is 31.4 Å². The molecule has 1 aliphatic carbocycles. The number of rotatable bonds is 5. The third-order valence-electron chi connectivity index (χ3n) is 4.07. The van der Waals surface area contributed by atoms with Crippen molar-refractivity contribution in [3.05, 3.63) is 41.5 Å². The van der Waals surface area contributed by atoms with Crippen LogP contribution in [0.5, 0.6) is 0 Å². The minimum Gasteiger partial charge on any atom is -0.449 e. The molecule has 2 rings (SSSR count). The number of ether oxygens (including phenoxy) is 1. The number of amides is 1. The Labute approximate surface area is 142 Å². The van der Waals surface area contributed by atoms with Crippen molar-refractivity contribution >= 4 is 18.0 Å². The molecular weight excluding hydrogens is 304 g/mol. The van der Waals surface area contributed by atoms with Gasteiger partial charge in [-0.3, -0.25) is 4.79 Å². The lowest BCUT2D eigenvalue weighted by atomic mass is 9.95. The van der Waals surface area contributed by atoms with Crippen LogP contribution in [0, 0.1) is 11.3 Å². The van der Waals surface area contributed by atoms with Crippen LogP contribution in [-0.2, 0) is 14.3 Å². The lowest BCUT2D eigenvalue weighted by Crippen LogP contribution is -2.42. The van der Waals surface area contributed by atoms with Gasteiger partial charge in [0.05, 0.1) is 11.6 Å². The monoisotopic (exact) mass is 326 g/mol. The molecule has 1 amide bonds. The van der Waals surface area contributed by atoms with Crippen LogP contribution in [0.4, 0.5) is 0 Å². The zero-order chi connectivity index (χ0) is 17.4. The Balaban J connectivity index is 1.80. The van der Waals surface area contributed by atoms with Gasteiger partial charge in [0.15, 0.2) is 6.10 Å². The van der Waals surface area contributed by atoms with E-state index in [0.29, 0.717) is 5.56 Å². The maximum atomic E-state index is 12.0. The number of hydrogen-bond donors (Lipinski definition) is 1. The summed E-state index contributed by atoms with van der Waals surface area (Å²) in [6.45, 7) is 1.58. The number of hydrogen-bond acceptors (Lipinski definition) is 4. The van der Waals surface area contributed by atoms with Gasteiger partial charge in [0.25, 0.3) is 5.91 Å². The van der Waals surface area contributed by atoms with Crippen molar-refractivity contribution in [3.8, 4) is 6.07 Å². The minimum absolute atomic E-state index is 0.196. The fourth-order valence-electron chi connectivity index (χ4n) is 2.67. The molecule has 0 bridgehead atoms. The van der Waals surface area contributed by atoms with E-state index in [1.165, 1.54) is 12.5 Å². The van der Waals surface area contributed by atoms with Gasteiger partial charge in [0.2, 0.25) is 0 Å². The van der Waals surface area contributed by atoms with Crippen LogP contribution in [0.2, 0.25) is 0 Å². The first kappa shape index (κ1) is 17.7. The molecule has 1 N–H and O–H groups in total. The highest BCUT2D eigenvalue weighted by Gasteiger charge is 2.21. The lowest BCUT2D eigenvalue weighted by molar-refractivity contribution is -0.150. The highest BCUT2D eigenvalue weighted by molar-refractivity contribution is 5.90. The van der Waals surface area contributed by atoms with Crippen LogP contribution in [0.1, 0.15) is 50.2 Å². The summed E-state index contributed by atoms with van der Waals surface area (Å²) < 4.78 is 5.13. The predicted octanol–water partition coefficient (Wildman–Crippen LogP) is 2.95. The first-order chi connectivity index (χ1) is 11.6. The summed E-state index contributed by atoms with van der Waals surface area (Å²) in [5.74, 6) is -0.812. The van der Waals surface area contributed by atoms with Gasteiger partial charge in [0.1, 0.15) is 0 Å². The van der Waals surface area contributed by atoms with Gasteiger partial charge in [-0.25, -0.2) is 4.79 Å². The summed E-state index contributed by atoms with van der Waals surface area (Å²) in [5.41, 5.74) is 1.34. The normalized spacial score (nSPS) is 16.3. The first-order valence-electron chi connectivity index (χ1n) is 8.27. The van der Waals surface area contributed by atoms with Gasteiger partial charge in [-0.15, -0.1) is 0 Å². The molecule has 1 aliphatic rings. The molecule has 24 heavy (non-hydrogen) atoms. The van der Waals surface area contributed by atoms with Gasteiger partial charge in [-0.05, 0) is 43.5 Å². The minimum atomic E-state index is -0.815. The predicted molar refractivity (Wildman–Crippen MR) is 90.8 cm³/mol. The summed E-state index contributed by atoms with van der Waals surface area (Å²) in [7, 11) is 0. The summed E-state index contributed by atoms with van der Waals surface area (Å²) >= 11 is 0. The van der Waals surface area contributed by atoms with E-state index in [0.717, 1.165) is 31.2 Å². The second-order valence-corrected chi connectivity index (χ2v) is 5.99. The molecule has 0 heterocycles. The van der Waals surface area contributed by atoms with Gasteiger partial charge >= 0.3 is 5.97 Å². The number of carbonyl (C=O) groups excluding carboxylic acids is 2. The zero-order valence-corrected chi connectivity index (χ0v) is 13.8. The second kappa shape index (κ2) is 8.88.